The molecule has 3 saturated heterocycles. The molecule has 1 atom stereocenters. The first-order valence-corrected chi connectivity index (χ1v) is 15.6. The van der Waals surface area contributed by atoms with Crippen molar-refractivity contribution in [3.8, 4) is 11.4 Å². The van der Waals surface area contributed by atoms with E-state index >= 15 is 0 Å². The van der Waals surface area contributed by atoms with Crippen LogP contribution in [0.3, 0.4) is 0 Å². The van der Waals surface area contributed by atoms with Gasteiger partial charge in [-0.25, -0.2) is 4.79 Å². The SMILES string of the molecule is CN(C)C1CCCCN1C(=O)c1ccc(N(C(N)=O)c2ccc(-c3nc(N4CCOCC4)nc(N4CCOCC4)n3)cc2)cc1. The molecule has 2 aromatic carbocycles. The predicted octanol–water partition coefficient (Wildman–Crippen LogP) is 2.94. The van der Waals surface area contributed by atoms with E-state index in [2.05, 4.69) is 14.7 Å². The van der Waals surface area contributed by atoms with E-state index in [1.807, 2.05) is 43.3 Å². The molecule has 6 rings (SSSR count). The minimum atomic E-state index is -0.630. The number of carbonyl (C=O) groups is 2. The minimum absolute atomic E-state index is 0.0137. The second-order valence-corrected chi connectivity index (χ2v) is 11.7. The van der Waals surface area contributed by atoms with Crippen LogP contribution < -0.4 is 20.4 Å². The lowest BCUT2D eigenvalue weighted by Crippen LogP contribution is -2.50. The quantitative estimate of drug-likeness (QED) is 0.423. The Morgan fingerprint density at radius 1 is 0.756 bits per heavy atom. The van der Waals surface area contributed by atoms with E-state index < -0.39 is 6.03 Å². The maximum atomic E-state index is 13.4. The molecule has 3 aliphatic heterocycles. The average Bonchev–Trinajstić information content (AvgIpc) is 3.09. The van der Waals surface area contributed by atoms with Gasteiger partial charge in [0, 0.05) is 43.9 Å². The highest BCUT2D eigenvalue weighted by molar-refractivity contribution is 6.00. The van der Waals surface area contributed by atoms with Gasteiger partial charge in [-0.3, -0.25) is 14.6 Å². The summed E-state index contributed by atoms with van der Waals surface area (Å²) in [4.78, 5) is 50.2. The third kappa shape index (κ3) is 6.85. The summed E-state index contributed by atoms with van der Waals surface area (Å²) in [5.74, 6) is 1.76. The van der Waals surface area contributed by atoms with Crippen molar-refractivity contribution in [2.45, 2.75) is 25.4 Å². The molecule has 0 radical (unpaired) electrons. The number of morpholine rings is 2. The first-order valence-electron chi connectivity index (χ1n) is 15.6. The number of primary amides is 1. The molecule has 4 heterocycles. The molecule has 3 amide bonds. The van der Waals surface area contributed by atoms with Crippen LogP contribution in [-0.4, -0.2) is 116 Å². The van der Waals surface area contributed by atoms with Crippen molar-refractivity contribution in [1.29, 1.82) is 0 Å². The summed E-state index contributed by atoms with van der Waals surface area (Å²) in [6.45, 7) is 6.03. The van der Waals surface area contributed by atoms with Crippen molar-refractivity contribution in [2.24, 2.45) is 5.73 Å². The number of piperidine rings is 1. The van der Waals surface area contributed by atoms with Crippen LogP contribution in [0.4, 0.5) is 28.1 Å². The molecular weight excluding hydrogens is 574 g/mol. The molecule has 3 aromatic rings. The molecule has 0 aliphatic carbocycles. The number of hydrogen-bond acceptors (Lipinski definition) is 10. The molecule has 238 valence electrons. The predicted molar refractivity (Wildman–Crippen MR) is 172 cm³/mol. The second kappa shape index (κ2) is 13.8. The van der Waals surface area contributed by atoms with Crippen LogP contribution in [0.1, 0.15) is 29.6 Å². The summed E-state index contributed by atoms with van der Waals surface area (Å²) in [5, 5.41) is 0. The van der Waals surface area contributed by atoms with Crippen LogP contribution in [0.5, 0.6) is 0 Å². The van der Waals surface area contributed by atoms with Gasteiger partial charge in [-0.1, -0.05) is 0 Å². The van der Waals surface area contributed by atoms with Crippen molar-refractivity contribution in [1.82, 2.24) is 24.8 Å². The van der Waals surface area contributed by atoms with Crippen molar-refractivity contribution < 1.29 is 19.1 Å². The lowest BCUT2D eigenvalue weighted by molar-refractivity contribution is 0.0316. The van der Waals surface area contributed by atoms with Crippen LogP contribution in [0.25, 0.3) is 11.4 Å². The van der Waals surface area contributed by atoms with Crippen molar-refractivity contribution >= 4 is 35.2 Å². The Bertz CT molecular complexity index is 1440. The smallest absolute Gasteiger partial charge is 0.323 e. The molecule has 13 heteroatoms. The number of ether oxygens (including phenoxy) is 2. The van der Waals surface area contributed by atoms with E-state index in [4.69, 9.17) is 30.2 Å². The first-order chi connectivity index (χ1) is 21.9. The highest BCUT2D eigenvalue weighted by Crippen LogP contribution is 2.30. The maximum absolute atomic E-state index is 13.4. The lowest BCUT2D eigenvalue weighted by atomic mass is 10.0. The number of anilines is 4. The summed E-state index contributed by atoms with van der Waals surface area (Å²) in [7, 11) is 4.00. The van der Waals surface area contributed by atoms with E-state index in [9.17, 15) is 9.59 Å². The normalized spacial score (nSPS) is 19.1. The molecule has 3 aliphatic rings. The van der Waals surface area contributed by atoms with Crippen LogP contribution in [0.15, 0.2) is 48.5 Å². The molecule has 0 bridgehead atoms. The fraction of sp³-hybridized carbons (Fsp3) is 0.469. The largest absolute Gasteiger partial charge is 0.378 e. The number of rotatable bonds is 7. The zero-order valence-electron chi connectivity index (χ0n) is 26.0. The van der Waals surface area contributed by atoms with Gasteiger partial charge in [-0.05, 0) is 81.9 Å². The number of hydrogen-bond donors (Lipinski definition) is 1. The molecule has 3 fully saturated rings. The third-order valence-corrected chi connectivity index (χ3v) is 8.50. The fourth-order valence-electron chi connectivity index (χ4n) is 6.06. The number of benzene rings is 2. The monoisotopic (exact) mass is 615 g/mol. The number of urea groups is 1. The Hall–Kier alpha value is -4.33. The molecular formula is C32H41N9O4. The summed E-state index contributed by atoms with van der Waals surface area (Å²) in [6, 6.07) is 13.8. The summed E-state index contributed by atoms with van der Waals surface area (Å²) >= 11 is 0. The first kappa shape index (κ1) is 30.7. The summed E-state index contributed by atoms with van der Waals surface area (Å²) in [6.07, 6.45) is 3.13. The van der Waals surface area contributed by atoms with E-state index in [0.29, 0.717) is 87.3 Å². The van der Waals surface area contributed by atoms with Gasteiger partial charge in [0.1, 0.15) is 0 Å². The van der Waals surface area contributed by atoms with Crippen LogP contribution in [0.2, 0.25) is 0 Å². The van der Waals surface area contributed by atoms with Gasteiger partial charge in [0.2, 0.25) is 11.9 Å². The topological polar surface area (TPSA) is 133 Å². The number of likely N-dealkylation sites (tertiary alicyclic amines) is 1. The summed E-state index contributed by atoms with van der Waals surface area (Å²) < 4.78 is 11.1. The van der Waals surface area contributed by atoms with Gasteiger partial charge in [0.05, 0.1) is 44.0 Å². The fourth-order valence-corrected chi connectivity index (χ4v) is 6.06. The Labute approximate surface area is 263 Å². The van der Waals surface area contributed by atoms with Gasteiger partial charge < -0.3 is 29.9 Å². The van der Waals surface area contributed by atoms with Crippen LogP contribution >= 0.6 is 0 Å². The van der Waals surface area contributed by atoms with Gasteiger partial charge in [0.15, 0.2) is 5.82 Å². The standard InChI is InChI=1S/C32H41N9O4/c1-37(2)27-5-3-4-14-40(27)29(42)24-8-12-26(13-9-24)41(30(33)43)25-10-6-23(7-11-25)28-34-31(38-15-19-44-20-16-38)36-32(35-28)39-17-21-45-22-18-39/h6-13,27H,3-5,14-22H2,1-2H3,(H2,33,43). The van der Waals surface area contributed by atoms with Crippen LogP contribution in [0, 0.1) is 0 Å². The van der Waals surface area contributed by atoms with Gasteiger partial charge in [0.25, 0.3) is 5.91 Å². The number of aromatic nitrogens is 3. The molecule has 2 N–H and O–H groups in total. The highest BCUT2D eigenvalue weighted by atomic mass is 16.5. The molecule has 1 aromatic heterocycles. The Morgan fingerprint density at radius 2 is 1.29 bits per heavy atom. The van der Waals surface area contributed by atoms with Crippen molar-refractivity contribution in [2.75, 3.05) is 87.9 Å². The lowest BCUT2D eigenvalue weighted by Gasteiger charge is -2.39. The highest BCUT2D eigenvalue weighted by Gasteiger charge is 2.29. The number of amides is 3. The van der Waals surface area contributed by atoms with E-state index in [0.717, 1.165) is 31.4 Å². The second-order valence-electron chi connectivity index (χ2n) is 11.7. The average molecular weight is 616 g/mol. The van der Waals surface area contributed by atoms with Gasteiger partial charge in [-0.15, -0.1) is 0 Å². The van der Waals surface area contributed by atoms with Crippen molar-refractivity contribution in [3.63, 3.8) is 0 Å². The Balaban J connectivity index is 1.24. The third-order valence-electron chi connectivity index (χ3n) is 8.50. The molecule has 0 spiro atoms. The van der Waals surface area contributed by atoms with E-state index in [-0.39, 0.29) is 12.1 Å². The number of nitrogens with zero attached hydrogens (tertiary/aromatic N) is 8. The van der Waals surface area contributed by atoms with E-state index in [1.165, 1.54) is 4.90 Å². The van der Waals surface area contributed by atoms with Gasteiger partial charge in [-0.2, -0.15) is 15.0 Å². The number of nitrogens with two attached hydrogens (primary N) is 1. The number of carbonyl (C=O) groups excluding carboxylic acids is 2. The summed E-state index contributed by atoms with van der Waals surface area (Å²) in [5.41, 5.74) is 8.38. The molecule has 0 saturated carbocycles. The zero-order chi connectivity index (χ0) is 31.3. The molecule has 13 nitrogen and oxygen atoms in total. The minimum Gasteiger partial charge on any atom is -0.378 e. The molecule has 45 heavy (non-hydrogen) atoms. The van der Waals surface area contributed by atoms with Crippen molar-refractivity contribution in [3.05, 3.63) is 54.1 Å². The van der Waals surface area contributed by atoms with Gasteiger partial charge >= 0.3 is 6.03 Å². The van der Waals surface area contributed by atoms with Crippen LogP contribution in [-0.2, 0) is 9.47 Å². The van der Waals surface area contributed by atoms with E-state index in [1.54, 1.807) is 24.3 Å². The Kier molecular flexibility index (Phi) is 9.38. The molecule has 1 unspecified atom stereocenters. The maximum Gasteiger partial charge on any atom is 0.323 e. The Morgan fingerprint density at radius 3 is 1.80 bits per heavy atom. The zero-order valence-corrected chi connectivity index (χ0v) is 26.0.